The van der Waals surface area contributed by atoms with Crippen molar-refractivity contribution in [1.29, 1.82) is 5.26 Å². The molecular formula is C39H30N4O3S2. The Morgan fingerprint density at radius 1 is 1.00 bits per heavy atom. The third kappa shape index (κ3) is 5.70. The largest absolute Gasteiger partial charge is 0.463 e. The second-order valence-electron chi connectivity index (χ2n) is 11.2. The monoisotopic (exact) mass is 666 g/mol. The maximum Gasteiger partial charge on any atom is 0.338 e. The van der Waals surface area contributed by atoms with Gasteiger partial charge in [-0.25, -0.2) is 9.79 Å². The van der Waals surface area contributed by atoms with Crippen molar-refractivity contribution >= 4 is 51.7 Å². The van der Waals surface area contributed by atoms with E-state index in [9.17, 15) is 14.9 Å². The molecule has 9 heteroatoms. The summed E-state index contributed by atoms with van der Waals surface area (Å²) in [7, 11) is 0. The number of nitrogens with zero attached hydrogens (tertiary/aromatic N) is 4. The lowest BCUT2D eigenvalue weighted by atomic mass is 9.93. The topological polar surface area (TPSA) is 89.4 Å². The van der Waals surface area contributed by atoms with Crippen molar-refractivity contribution < 1.29 is 9.53 Å². The van der Waals surface area contributed by atoms with Crippen LogP contribution in [0.2, 0.25) is 0 Å². The lowest BCUT2D eigenvalue weighted by Gasteiger charge is -2.26. The third-order valence-electron chi connectivity index (χ3n) is 8.39. The number of ether oxygens (including phenoxy) is 1. The van der Waals surface area contributed by atoms with E-state index in [0.717, 1.165) is 38.1 Å². The fourth-order valence-electron chi connectivity index (χ4n) is 6.16. The Bertz CT molecular complexity index is 2430. The number of carbonyl (C=O) groups excluding carboxylic acids is 1. The van der Waals surface area contributed by atoms with Gasteiger partial charge >= 0.3 is 5.97 Å². The predicted molar refractivity (Wildman–Crippen MR) is 191 cm³/mol. The van der Waals surface area contributed by atoms with E-state index in [1.54, 1.807) is 23.3 Å². The van der Waals surface area contributed by atoms with Crippen molar-refractivity contribution in [1.82, 2.24) is 9.13 Å². The average Bonchev–Trinajstić information content (AvgIpc) is 3.64. The molecule has 3 heterocycles. The Labute approximate surface area is 285 Å². The lowest BCUT2D eigenvalue weighted by molar-refractivity contribution is -0.138. The molecule has 0 fully saturated rings. The van der Waals surface area contributed by atoms with Crippen LogP contribution in [-0.2, 0) is 16.1 Å². The molecule has 236 valence electrons. The van der Waals surface area contributed by atoms with Gasteiger partial charge in [0.1, 0.15) is 0 Å². The number of para-hydroxylation sites is 1. The number of hydrogen-bond donors (Lipinski definition) is 0. The van der Waals surface area contributed by atoms with E-state index in [0.29, 0.717) is 32.7 Å². The summed E-state index contributed by atoms with van der Waals surface area (Å²) in [6, 6.07) is 34.7. The molecule has 1 aliphatic rings. The highest BCUT2D eigenvalue weighted by atomic mass is 32.2. The molecule has 0 radical (unpaired) electrons. The van der Waals surface area contributed by atoms with Crippen LogP contribution in [0.25, 0.3) is 22.7 Å². The predicted octanol–water partition coefficient (Wildman–Crippen LogP) is 6.53. The number of aromatic nitrogens is 2. The van der Waals surface area contributed by atoms with Crippen molar-refractivity contribution in [2.24, 2.45) is 4.99 Å². The number of nitriles is 1. The minimum atomic E-state index is -0.739. The van der Waals surface area contributed by atoms with Gasteiger partial charge in [-0.3, -0.25) is 9.36 Å². The molecular weight excluding hydrogens is 637 g/mol. The molecule has 0 spiro atoms. The summed E-state index contributed by atoms with van der Waals surface area (Å²) in [5, 5.41) is 10.7. The molecule has 0 unspecified atom stereocenters. The summed E-state index contributed by atoms with van der Waals surface area (Å²) < 4.78 is 9.84. The molecule has 1 aliphatic heterocycles. The van der Waals surface area contributed by atoms with Gasteiger partial charge in [-0.1, -0.05) is 90.2 Å². The highest BCUT2D eigenvalue weighted by Crippen LogP contribution is 2.36. The van der Waals surface area contributed by atoms with E-state index in [1.807, 2.05) is 122 Å². The van der Waals surface area contributed by atoms with E-state index in [-0.39, 0.29) is 12.2 Å². The number of hydrogen-bond acceptors (Lipinski definition) is 7. The van der Waals surface area contributed by atoms with Crippen LogP contribution in [0, 0.1) is 11.3 Å². The normalized spacial score (nSPS) is 14.4. The van der Waals surface area contributed by atoms with Crippen LogP contribution in [0.1, 0.15) is 40.8 Å². The van der Waals surface area contributed by atoms with Crippen LogP contribution < -0.4 is 14.9 Å². The standard InChI is InChI=1S/C39H30N4O3S2/c1-3-46-38(45)34-35(25-11-5-4-6-12-25)41-39-43(36(34)26-17-19-30(47-2)20-18-26)37(44)33(48-39)21-29-24-42(32-16-10-9-15-31(29)32)23-28-14-8-7-13-27(28)22-40/h4-21,24,36H,3,23H2,1-2H3/t36-/m0/s1. The first kappa shape index (κ1) is 31.2. The molecule has 0 amide bonds. The van der Waals surface area contributed by atoms with Crippen LogP contribution in [0.3, 0.4) is 0 Å². The van der Waals surface area contributed by atoms with E-state index in [1.165, 1.54) is 11.3 Å². The minimum absolute atomic E-state index is 0.190. The molecule has 48 heavy (non-hydrogen) atoms. The summed E-state index contributed by atoms with van der Waals surface area (Å²) in [5.41, 5.74) is 5.55. The van der Waals surface area contributed by atoms with E-state index in [2.05, 4.69) is 10.6 Å². The van der Waals surface area contributed by atoms with Crippen LogP contribution in [-0.4, -0.2) is 28.0 Å². The van der Waals surface area contributed by atoms with Gasteiger partial charge in [-0.2, -0.15) is 5.26 Å². The number of rotatable bonds is 8. The fourth-order valence-corrected chi connectivity index (χ4v) is 7.56. The molecule has 0 N–H and O–H groups in total. The van der Waals surface area contributed by atoms with Crippen molar-refractivity contribution in [3.8, 4) is 6.07 Å². The highest BCUT2D eigenvalue weighted by molar-refractivity contribution is 7.98. The van der Waals surface area contributed by atoms with Crippen LogP contribution >= 0.6 is 23.1 Å². The second-order valence-corrected chi connectivity index (χ2v) is 13.1. The zero-order chi connectivity index (χ0) is 33.2. The average molecular weight is 667 g/mol. The van der Waals surface area contributed by atoms with Gasteiger partial charge in [0, 0.05) is 39.7 Å². The molecule has 0 saturated heterocycles. The van der Waals surface area contributed by atoms with Crippen molar-refractivity contribution in [3.05, 3.63) is 162 Å². The van der Waals surface area contributed by atoms with E-state index < -0.39 is 12.0 Å². The van der Waals surface area contributed by atoms with Gasteiger partial charge in [0.15, 0.2) is 4.80 Å². The number of fused-ring (bicyclic) bond motifs is 2. The minimum Gasteiger partial charge on any atom is -0.463 e. The Hall–Kier alpha value is -5.43. The van der Waals surface area contributed by atoms with Gasteiger partial charge < -0.3 is 9.30 Å². The summed E-state index contributed by atoms with van der Waals surface area (Å²) in [4.78, 5) is 34.8. The molecule has 0 bridgehead atoms. The SMILES string of the molecule is CCOC(=O)C1=C(c2ccccc2)N=c2sc(=Cc3cn(Cc4ccccc4C#N)c4ccccc34)c(=O)n2[C@H]1c1ccc(SC)cc1. The second kappa shape index (κ2) is 13.4. The van der Waals surface area contributed by atoms with Crippen molar-refractivity contribution in [2.45, 2.75) is 24.4 Å². The fraction of sp³-hybridized carbons (Fsp3) is 0.128. The maximum atomic E-state index is 14.5. The first-order chi connectivity index (χ1) is 23.5. The zero-order valence-electron chi connectivity index (χ0n) is 26.3. The first-order valence-electron chi connectivity index (χ1n) is 15.5. The smallest absolute Gasteiger partial charge is 0.338 e. The Kier molecular flexibility index (Phi) is 8.68. The Morgan fingerprint density at radius 3 is 2.48 bits per heavy atom. The molecule has 6 aromatic rings. The van der Waals surface area contributed by atoms with Crippen molar-refractivity contribution in [2.75, 3.05) is 12.9 Å². The summed E-state index contributed by atoms with van der Waals surface area (Å²) >= 11 is 2.93. The molecule has 7 nitrogen and oxygen atoms in total. The van der Waals surface area contributed by atoms with Crippen LogP contribution in [0.4, 0.5) is 0 Å². The maximum absolute atomic E-state index is 14.5. The Morgan fingerprint density at radius 2 is 1.73 bits per heavy atom. The van der Waals surface area contributed by atoms with Gasteiger partial charge in [0.05, 0.1) is 40.1 Å². The number of esters is 1. The van der Waals surface area contributed by atoms with Gasteiger partial charge in [-0.05, 0) is 54.6 Å². The quantitative estimate of drug-likeness (QED) is 0.136. The zero-order valence-corrected chi connectivity index (χ0v) is 27.9. The summed E-state index contributed by atoms with van der Waals surface area (Å²) in [5.74, 6) is -0.506. The van der Waals surface area contributed by atoms with Crippen LogP contribution in [0.15, 0.2) is 130 Å². The van der Waals surface area contributed by atoms with Gasteiger partial charge in [0.2, 0.25) is 0 Å². The highest BCUT2D eigenvalue weighted by Gasteiger charge is 2.35. The van der Waals surface area contributed by atoms with Gasteiger partial charge in [-0.15, -0.1) is 11.8 Å². The number of benzene rings is 4. The van der Waals surface area contributed by atoms with Gasteiger partial charge in [0.25, 0.3) is 5.56 Å². The number of thioether (sulfide) groups is 1. The molecule has 4 aromatic carbocycles. The molecule has 0 aliphatic carbocycles. The molecule has 1 atom stereocenters. The molecule has 7 rings (SSSR count). The molecule has 0 saturated carbocycles. The molecule has 2 aromatic heterocycles. The lowest BCUT2D eigenvalue weighted by Crippen LogP contribution is -2.40. The van der Waals surface area contributed by atoms with E-state index >= 15 is 0 Å². The number of carbonyl (C=O) groups is 1. The first-order valence-corrected chi connectivity index (χ1v) is 17.5. The Balaban J connectivity index is 1.45. The van der Waals surface area contributed by atoms with Crippen LogP contribution in [0.5, 0.6) is 0 Å². The van der Waals surface area contributed by atoms with Crippen molar-refractivity contribution in [3.63, 3.8) is 0 Å². The summed E-state index contributed by atoms with van der Waals surface area (Å²) in [6.07, 6.45) is 5.94. The van der Waals surface area contributed by atoms with E-state index in [4.69, 9.17) is 9.73 Å². The number of thiazole rings is 1. The third-order valence-corrected chi connectivity index (χ3v) is 10.1. The summed E-state index contributed by atoms with van der Waals surface area (Å²) in [6.45, 7) is 2.47.